The summed E-state index contributed by atoms with van der Waals surface area (Å²) in [6, 6.07) is 0. The zero-order valence-corrected chi connectivity index (χ0v) is 8.21. The maximum Gasteiger partial charge on any atom is -0.00393 e. The Bertz CT molecular complexity index is 69.1. The van der Waals surface area contributed by atoms with Gasteiger partial charge in [0.2, 0.25) is 0 Å². The maximum atomic E-state index is 3.81. The van der Waals surface area contributed by atoms with Gasteiger partial charge in [0.25, 0.3) is 0 Å². The molecule has 1 heteroatoms. The highest BCUT2D eigenvalue weighted by Gasteiger charge is 2.05. The molecule has 0 aliphatic rings. The molecule has 0 aromatic heterocycles. The topological polar surface area (TPSA) is 0 Å². The van der Waals surface area contributed by atoms with Gasteiger partial charge < -0.3 is 0 Å². The number of thioether (sulfide) groups is 1. The van der Waals surface area contributed by atoms with E-state index in [1.54, 1.807) is 0 Å². The third kappa shape index (κ3) is 5.16. The van der Waals surface area contributed by atoms with Crippen molar-refractivity contribution in [2.75, 3.05) is 11.5 Å². The van der Waals surface area contributed by atoms with Crippen molar-refractivity contribution >= 4 is 11.8 Å². The third-order valence-corrected chi connectivity index (χ3v) is 3.15. The van der Waals surface area contributed by atoms with Crippen LogP contribution in [0.4, 0.5) is 0 Å². The minimum absolute atomic E-state index is 0.831. The van der Waals surface area contributed by atoms with Crippen LogP contribution in [0.15, 0.2) is 0 Å². The summed E-state index contributed by atoms with van der Waals surface area (Å²) in [5.41, 5.74) is 0. The molecule has 1 radical (unpaired) electrons. The Morgan fingerprint density at radius 1 is 1.30 bits per heavy atom. The summed E-state index contributed by atoms with van der Waals surface area (Å²) in [6.07, 6.45) is 1.06. The molecule has 0 nitrogen and oxygen atoms in total. The van der Waals surface area contributed by atoms with Crippen LogP contribution in [0.25, 0.3) is 0 Å². The van der Waals surface area contributed by atoms with E-state index in [2.05, 4.69) is 27.7 Å². The lowest BCUT2D eigenvalue weighted by Gasteiger charge is -2.13. The molecule has 61 valence electrons. The van der Waals surface area contributed by atoms with Gasteiger partial charge in [-0.1, -0.05) is 27.7 Å². The summed E-state index contributed by atoms with van der Waals surface area (Å²) in [7, 11) is 0. The highest BCUT2D eigenvalue weighted by molar-refractivity contribution is 7.99. The van der Waals surface area contributed by atoms with Gasteiger partial charge in [-0.15, -0.1) is 0 Å². The highest BCUT2D eigenvalue weighted by Crippen LogP contribution is 2.16. The van der Waals surface area contributed by atoms with Gasteiger partial charge in [-0.25, -0.2) is 0 Å². The molecule has 0 fully saturated rings. The number of hydrogen-bond acceptors (Lipinski definition) is 1. The van der Waals surface area contributed by atoms with Crippen molar-refractivity contribution < 1.29 is 0 Å². The minimum Gasteiger partial charge on any atom is -0.162 e. The summed E-state index contributed by atoms with van der Waals surface area (Å²) in [5, 5.41) is 0. The number of rotatable bonds is 5. The fraction of sp³-hybridized carbons (Fsp3) is 0.889. The Labute approximate surface area is 69.8 Å². The lowest BCUT2D eigenvalue weighted by atomic mass is 10.0. The molecule has 0 aromatic carbocycles. The lowest BCUT2D eigenvalue weighted by molar-refractivity contribution is 0.464. The molecule has 0 heterocycles. The zero-order valence-electron chi connectivity index (χ0n) is 7.39. The SMILES string of the molecule is [CH2]CCSCC(C)C(C)C. The predicted molar refractivity (Wildman–Crippen MR) is 51.3 cm³/mol. The van der Waals surface area contributed by atoms with E-state index in [1.165, 1.54) is 11.5 Å². The molecule has 0 saturated carbocycles. The zero-order chi connectivity index (χ0) is 7.98. The maximum absolute atomic E-state index is 3.81. The van der Waals surface area contributed by atoms with Gasteiger partial charge in [-0.3, -0.25) is 0 Å². The molecule has 0 aliphatic heterocycles. The predicted octanol–water partition coefficient (Wildman–Crippen LogP) is 3.24. The first-order valence-electron chi connectivity index (χ1n) is 4.05. The van der Waals surface area contributed by atoms with Crippen LogP contribution < -0.4 is 0 Å². The van der Waals surface area contributed by atoms with Crippen molar-refractivity contribution in [2.24, 2.45) is 11.8 Å². The van der Waals surface area contributed by atoms with Crippen LogP contribution in [0.2, 0.25) is 0 Å². The molecule has 0 spiro atoms. The standard InChI is InChI=1S/C9H19S/c1-5-6-10-7-9(4)8(2)3/h8-9H,1,5-7H2,2-4H3. The molecule has 0 amide bonds. The Kier molecular flexibility index (Phi) is 6.30. The quantitative estimate of drug-likeness (QED) is 0.555. The van der Waals surface area contributed by atoms with Crippen molar-refractivity contribution in [2.45, 2.75) is 27.2 Å². The molecule has 1 unspecified atom stereocenters. The fourth-order valence-electron chi connectivity index (χ4n) is 0.564. The van der Waals surface area contributed by atoms with E-state index >= 15 is 0 Å². The van der Waals surface area contributed by atoms with Gasteiger partial charge in [0.05, 0.1) is 0 Å². The third-order valence-electron chi connectivity index (χ3n) is 1.81. The molecule has 0 aromatic rings. The summed E-state index contributed by atoms with van der Waals surface area (Å²) in [5.74, 6) is 4.21. The number of hydrogen-bond donors (Lipinski definition) is 0. The molecule has 1 atom stereocenters. The van der Waals surface area contributed by atoms with E-state index in [0.717, 1.165) is 18.3 Å². The van der Waals surface area contributed by atoms with E-state index in [9.17, 15) is 0 Å². The van der Waals surface area contributed by atoms with Crippen LogP contribution in [0.3, 0.4) is 0 Å². The van der Waals surface area contributed by atoms with E-state index < -0.39 is 0 Å². The largest absolute Gasteiger partial charge is 0.162 e. The summed E-state index contributed by atoms with van der Waals surface area (Å²) >= 11 is 2.03. The van der Waals surface area contributed by atoms with Crippen LogP contribution in [-0.2, 0) is 0 Å². The molecule has 0 aliphatic carbocycles. The summed E-state index contributed by atoms with van der Waals surface area (Å²) < 4.78 is 0. The second kappa shape index (κ2) is 6.09. The van der Waals surface area contributed by atoms with Crippen molar-refractivity contribution in [1.29, 1.82) is 0 Å². The van der Waals surface area contributed by atoms with Gasteiger partial charge in [0.15, 0.2) is 0 Å². The lowest BCUT2D eigenvalue weighted by Crippen LogP contribution is -2.06. The minimum atomic E-state index is 0.831. The monoisotopic (exact) mass is 159 g/mol. The molecular weight excluding hydrogens is 140 g/mol. The van der Waals surface area contributed by atoms with E-state index in [0.29, 0.717) is 0 Å². The van der Waals surface area contributed by atoms with Crippen LogP contribution in [-0.4, -0.2) is 11.5 Å². The van der Waals surface area contributed by atoms with Crippen molar-refractivity contribution in [3.8, 4) is 0 Å². The van der Waals surface area contributed by atoms with Crippen molar-refractivity contribution in [1.82, 2.24) is 0 Å². The summed E-state index contributed by atoms with van der Waals surface area (Å²) in [4.78, 5) is 0. The molecule has 10 heavy (non-hydrogen) atoms. The first-order valence-corrected chi connectivity index (χ1v) is 5.21. The van der Waals surface area contributed by atoms with Gasteiger partial charge in [-0.05, 0) is 29.8 Å². The van der Waals surface area contributed by atoms with Crippen LogP contribution in [0.1, 0.15) is 27.2 Å². The van der Waals surface area contributed by atoms with Crippen LogP contribution >= 0.6 is 11.8 Å². The van der Waals surface area contributed by atoms with Crippen LogP contribution in [0.5, 0.6) is 0 Å². The van der Waals surface area contributed by atoms with E-state index in [4.69, 9.17) is 0 Å². The van der Waals surface area contributed by atoms with Gasteiger partial charge >= 0.3 is 0 Å². The Morgan fingerprint density at radius 3 is 2.30 bits per heavy atom. The van der Waals surface area contributed by atoms with Gasteiger partial charge in [0.1, 0.15) is 0 Å². The Balaban J connectivity index is 3.13. The van der Waals surface area contributed by atoms with Crippen molar-refractivity contribution in [3.05, 3.63) is 6.92 Å². The van der Waals surface area contributed by atoms with Gasteiger partial charge in [-0.2, -0.15) is 11.8 Å². The second-order valence-electron chi connectivity index (χ2n) is 3.15. The first kappa shape index (κ1) is 10.3. The molecule has 0 rings (SSSR count). The molecule has 0 bridgehead atoms. The van der Waals surface area contributed by atoms with Crippen molar-refractivity contribution in [3.63, 3.8) is 0 Å². The van der Waals surface area contributed by atoms with Crippen LogP contribution in [0, 0.1) is 18.8 Å². The smallest absolute Gasteiger partial charge is 0.00393 e. The average molecular weight is 159 g/mol. The fourth-order valence-corrected chi connectivity index (χ4v) is 1.69. The molecule has 0 saturated heterocycles. The highest BCUT2D eigenvalue weighted by atomic mass is 32.2. The summed E-state index contributed by atoms with van der Waals surface area (Å²) in [6.45, 7) is 10.7. The normalized spacial score (nSPS) is 14.1. The Hall–Kier alpha value is 0.350. The molecule has 0 N–H and O–H groups in total. The first-order chi connectivity index (χ1) is 4.68. The van der Waals surface area contributed by atoms with E-state index in [-0.39, 0.29) is 0 Å². The van der Waals surface area contributed by atoms with E-state index in [1.807, 2.05) is 11.8 Å². The van der Waals surface area contributed by atoms with Gasteiger partial charge in [0, 0.05) is 0 Å². The second-order valence-corrected chi connectivity index (χ2v) is 4.30. The molecular formula is C9H19S. The Morgan fingerprint density at radius 2 is 1.90 bits per heavy atom. The average Bonchev–Trinajstić information content (AvgIpc) is 1.88.